The highest BCUT2D eigenvalue weighted by molar-refractivity contribution is 6.10. The molecule has 1 atom stereocenters. The van der Waals surface area contributed by atoms with Crippen LogP contribution in [0, 0.1) is 0 Å². The molecule has 1 aromatic rings. The molecule has 1 fully saturated rings. The van der Waals surface area contributed by atoms with Gasteiger partial charge in [-0.3, -0.25) is 4.99 Å². The van der Waals surface area contributed by atoms with Crippen LogP contribution in [0.25, 0.3) is 0 Å². The minimum Gasteiger partial charge on any atom is -0.490 e. The van der Waals surface area contributed by atoms with Gasteiger partial charge in [-0.2, -0.15) is 0 Å². The fraction of sp³-hybridized carbons (Fsp3) is 0.421. The second-order valence-electron chi connectivity index (χ2n) is 5.86. The zero-order valence-electron chi connectivity index (χ0n) is 14.3. The third-order valence-electron chi connectivity index (χ3n) is 3.98. The number of fused-ring (bicyclic) bond motifs is 1. The molecule has 2 aliphatic rings. The van der Waals surface area contributed by atoms with Crippen molar-refractivity contribution < 1.29 is 18.9 Å². The van der Waals surface area contributed by atoms with Gasteiger partial charge < -0.3 is 24.7 Å². The van der Waals surface area contributed by atoms with Gasteiger partial charge in [-0.1, -0.05) is 12.7 Å². The molecule has 6 heteroatoms. The minimum absolute atomic E-state index is 0.0779. The van der Waals surface area contributed by atoms with Crippen LogP contribution in [0.5, 0.6) is 5.75 Å². The summed E-state index contributed by atoms with van der Waals surface area (Å²) in [7, 11) is 0. The van der Waals surface area contributed by atoms with Gasteiger partial charge in [0.15, 0.2) is 5.88 Å². The third-order valence-corrected chi connectivity index (χ3v) is 3.98. The second kappa shape index (κ2) is 8.69. The van der Waals surface area contributed by atoms with Gasteiger partial charge in [0.2, 0.25) is 0 Å². The van der Waals surface area contributed by atoms with Crippen LogP contribution in [0.2, 0.25) is 0 Å². The van der Waals surface area contributed by atoms with Gasteiger partial charge in [0.05, 0.1) is 25.5 Å². The Balaban J connectivity index is 1.64. The van der Waals surface area contributed by atoms with E-state index >= 15 is 0 Å². The van der Waals surface area contributed by atoms with Crippen molar-refractivity contribution in [2.24, 2.45) is 10.7 Å². The number of ether oxygens (including phenoxy) is 4. The number of hydrogen-bond donors (Lipinski definition) is 1. The van der Waals surface area contributed by atoms with Gasteiger partial charge in [0, 0.05) is 18.2 Å². The number of nitrogens with zero attached hydrogens (tertiary/aromatic N) is 1. The molecule has 0 bridgehead atoms. The summed E-state index contributed by atoms with van der Waals surface area (Å²) in [5, 5.41) is 0. The van der Waals surface area contributed by atoms with Crippen molar-refractivity contribution in [2.75, 3.05) is 39.6 Å². The molecule has 0 aromatic heterocycles. The van der Waals surface area contributed by atoms with E-state index in [1.54, 1.807) is 12.2 Å². The molecule has 0 radical (unpaired) electrons. The lowest BCUT2D eigenvalue weighted by Crippen LogP contribution is -2.32. The Hall–Kier alpha value is -2.31. The smallest absolute Gasteiger partial charge is 0.186 e. The zero-order valence-corrected chi connectivity index (χ0v) is 14.3. The lowest BCUT2D eigenvalue weighted by molar-refractivity contribution is -0.108. The van der Waals surface area contributed by atoms with E-state index in [1.807, 2.05) is 18.2 Å². The maximum atomic E-state index is 6.00. The summed E-state index contributed by atoms with van der Waals surface area (Å²) in [4.78, 5) is 4.56. The van der Waals surface area contributed by atoms with Crippen LogP contribution < -0.4 is 10.5 Å². The molecule has 134 valence electrons. The third kappa shape index (κ3) is 4.84. The molecule has 0 saturated carbocycles. The van der Waals surface area contributed by atoms with E-state index in [0.717, 1.165) is 30.0 Å². The average molecular weight is 344 g/mol. The predicted octanol–water partition coefficient (Wildman–Crippen LogP) is 1.83. The number of hydrogen-bond acceptors (Lipinski definition) is 6. The summed E-state index contributed by atoms with van der Waals surface area (Å²) in [6.45, 7) is 7.00. The molecule has 1 saturated heterocycles. The van der Waals surface area contributed by atoms with E-state index in [0.29, 0.717) is 38.9 Å². The van der Waals surface area contributed by atoms with Crippen molar-refractivity contribution >= 4 is 5.71 Å². The van der Waals surface area contributed by atoms with Crippen LogP contribution in [0.4, 0.5) is 0 Å². The maximum absolute atomic E-state index is 6.00. The molecule has 25 heavy (non-hydrogen) atoms. The maximum Gasteiger partial charge on any atom is 0.186 e. The molecule has 0 unspecified atom stereocenters. The first kappa shape index (κ1) is 17.5. The minimum atomic E-state index is -0.0779. The summed E-state index contributed by atoms with van der Waals surface area (Å²) < 4.78 is 22.1. The molecular weight excluding hydrogens is 320 g/mol. The fourth-order valence-electron chi connectivity index (χ4n) is 2.78. The number of aliphatic imine (C=N–C) groups is 1. The first-order valence-corrected chi connectivity index (χ1v) is 8.47. The molecule has 0 amide bonds. The van der Waals surface area contributed by atoms with Crippen LogP contribution in [0.1, 0.15) is 11.1 Å². The average Bonchev–Trinajstić information content (AvgIpc) is 2.65. The molecule has 0 spiro atoms. The van der Waals surface area contributed by atoms with Crippen molar-refractivity contribution in [3.8, 4) is 5.75 Å². The Bertz CT molecular complexity index is 663. The van der Waals surface area contributed by atoms with Crippen LogP contribution >= 0.6 is 0 Å². The highest BCUT2D eigenvalue weighted by atomic mass is 16.6. The Labute approximate surface area is 147 Å². The van der Waals surface area contributed by atoms with Gasteiger partial charge >= 0.3 is 0 Å². The molecule has 6 nitrogen and oxygen atoms in total. The largest absolute Gasteiger partial charge is 0.490 e. The topological polar surface area (TPSA) is 75.3 Å². The van der Waals surface area contributed by atoms with E-state index < -0.39 is 0 Å². The van der Waals surface area contributed by atoms with Crippen LogP contribution in [0.15, 0.2) is 47.8 Å². The Kier molecular flexibility index (Phi) is 6.09. The molecule has 2 aliphatic heterocycles. The standard InChI is InChI=1S/C19H24N2O4/c1-2-7-23-15-3-4-17-14(10-15)5-6-21-18(17)11-19(20)25-13-16-12-22-8-9-24-16/h2-4,10-11,16H,1,5-9,12-13,20H2/b19-11+/t16-/m0/s1. The van der Waals surface area contributed by atoms with Gasteiger partial charge in [0.25, 0.3) is 0 Å². The van der Waals surface area contributed by atoms with Crippen molar-refractivity contribution in [1.29, 1.82) is 0 Å². The molecule has 1 aromatic carbocycles. The second-order valence-corrected chi connectivity index (χ2v) is 5.86. The number of benzene rings is 1. The number of nitrogens with two attached hydrogens (primary N) is 1. The van der Waals surface area contributed by atoms with E-state index in [9.17, 15) is 0 Å². The quantitative estimate of drug-likeness (QED) is 0.603. The molecule has 3 rings (SSSR count). The summed E-state index contributed by atoms with van der Waals surface area (Å²) >= 11 is 0. The van der Waals surface area contributed by atoms with E-state index in [4.69, 9.17) is 24.7 Å². The van der Waals surface area contributed by atoms with Crippen LogP contribution in [-0.2, 0) is 20.6 Å². The summed E-state index contributed by atoms with van der Waals surface area (Å²) in [5.41, 5.74) is 9.08. The van der Waals surface area contributed by atoms with Crippen LogP contribution in [-0.4, -0.2) is 51.4 Å². The van der Waals surface area contributed by atoms with E-state index in [1.165, 1.54) is 5.56 Å². The van der Waals surface area contributed by atoms with Crippen molar-refractivity contribution in [1.82, 2.24) is 0 Å². The normalized spacial score (nSPS) is 20.4. The summed E-state index contributed by atoms with van der Waals surface area (Å²) in [6, 6.07) is 5.99. The zero-order chi connectivity index (χ0) is 17.5. The Morgan fingerprint density at radius 2 is 2.32 bits per heavy atom. The first-order valence-electron chi connectivity index (χ1n) is 8.47. The number of rotatable bonds is 7. The Morgan fingerprint density at radius 1 is 1.40 bits per heavy atom. The van der Waals surface area contributed by atoms with E-state index in [-0.39, 0.29) is 6.10 Å². The van der Waals surface area contributed by atoms with Gasteiger partial charge in [-0.05, 0) is 30.2 Å². The monoisotopic (exact) mass is 344 g/mol. The summed E-state index contributed by atoms with van der Waals surface area (Å²) in [5.74, 6) is 1.16. The SMILES string of the molecule is C=CCOc1ccc2c(c1)CCN=C2/C=C(\N)OC[C@@H]1COCCO1. The molecule has 0 aliphatic carbocycles. The van der Waals surface area contributed by atoms with Gasteiger partial charge in [-0.25, -0.2) is 0 Å². The molecular formula is C19H24N2O4. The van der Waals surface area contributed by atoms with E-state index in [2.05, 4.69) is 11.6 Å². The fourth-order valence-corrected chi connectivity index (χ4v) is 2.78. The first-order chi connectivity index (χ1) is 12.3. The Morgan fingerprint density at radius 3 is 3.12 bits per heavy atom. The van der Waals surface area contributed by atoms with Crippen LogP contribution in [0.3, 0.4) is 0 Å². The van der Waals surface area contributed by atoms with Crippen molar-refractivity contribution in [3.63, 3.8) is 0 Å². The highest BCUT2D eigenvalue weighted by Gasteiger charge is 2.17. The number of allylic oxidation sites excluding steroid dienone is 1. The highest BCUT2D eigenvalue weighted by Crippen LogP contribution is 2.23. The lowest BCUT2D eigenvalue weighted by Gasteiger charge is -2.23. The molecule has 2 N–H and O–H groups in total. The predicted molar refractivity (Wildman–Crippen MR) is 96.0 cm³/mol. The lowest BCUT2D eigenvalue weighted by atomic mass is 9.97. The van der Waals surface area contributed by atoms with Crippen molar-refractivity contribution in [2.45, 2.75) is 12.5 Å². The van der Waals surface area contributed by atoms with Crippen molar-refractivity contribution in [3.05, 3.63) is 53.9 Å². The summed E-state index contributed by atoms with van der Waals surface area (Å²) in [6.07, 6.45) is 4.30. The molecule has 2 heterocycles. The van der Waals surface area contributed by atoms with Gasteiger partial charge in [0.1, 0.15) is 25.1 Å². The van der Waals surface area contributed by atoms with Gasteiger partial charge in [-0.15, -0.1) is 0 Å².